The smallest absolute Gasteiger partial charge is 0.145 e. The Bertz CT molecular complexity index is 2120. The van der Waals surface area contributed by atoms with Crippen LogP contribution < -0.4 is 0 Å². The van der Waals surface area contributed by atoms with Gasteiger partial charge in [0, 0.05) is 28.4 Å². The minimum absolute atomic E-state index is 0.935. The third-order valence-corrected chi connectivity index (χ3v) is 7.34. The Labute approximate surface area is 219 Å². The minimum atomic E-state index is 0.935. The molecule has 0 amide bonds. The quantitative estimate of drug-likeness (QED) is 0.252. The van der Waals surface area contributed by atoms with E-state index in [1.165, 1.54) is 10.9 Å². The summed E-state index contributed by atoms with van der Waals surface area (Å²) in [5, 5.41) is 2.34. The van der Waals surface area contributed by atoms with Gasteiger partial charge in [-0.15, -0.1) is 0 Å². The number of pyridine rings is 1. The van der Waals surface area contributed by atoms with Crippen molar-refractivity contribution in [1.29, 1.82) is 0 Å². The van der Waals surface area contributed by atoms with Crippen molar-refractivity contribution in [2.24, 2.45) is 0 Å². The van der Waals surface area contributed by atoms with Gasteiger partial charge in [0.1, 0.15) is 11.5 Å². The van der Waals surface area contributed by atoms with Crippen molar-refractivity contribution in [2.75, 3.05) is 0 Å². The molecule has 4 nitrogen and oxygen atoms in total. The van der Waals surface area contributed by atoms with E-state index in [2.05, 4.69) is 124 Å². The van der Waals surface area contributed by atoms with Crippen LogP contribution in [0.2, 0.25) is 0 Å². The summed E-state index contributed by atoms with van der Waals surface area (Å²) in [5.74, 6) is 0.935. The number of benzene rings is 5. The molecule has 3 aromatic heterocycles. The van der Waals surface area contributed by atoms with Gasteiger partial charge in [-0.1, -0.05) is 91.0 Å². The average Bonchev–Trinajstić information content (AvgIpc) is 3.56. The van der Waals surface area contributed by atoms with E-state index in [0.29, 0.717) is 0 Å². The fourth-order valence-corrected chi connectivity index (χ4v) is 5.56. The molecule has 0 fully saturated rings. The Morgan fingerprint density at radius 3 is 1.87 bits per heavy atom. The number of aromatic nitrogens is 4. The second-order valence-corrected chi connectivity index (χ2v) is 9.55. The van der Waals surface area contributed by atoms with Crippen LogP contribution in [0, 0.1) is 0 Å². The summed E-state index contributed by atoms with van der Waals surface area (Å²) in [5.41, 5.74) is 9.70. The van der Waals surface area contributed by atoms with Gasteiger partial charge in [-0.3, -0.25) is 8.97 Å². The van der Waals surface area contributed by atoms with Crippen molar-refractivity contribution in [3.63, 3.8) is 0 Å². The maximum absolute atomic E-state index is 5.03. The Morgan fingerprint density at radius 2 is 1.08 bits per heavy atom. The van der Waals surface area contributed by atoms with Crippen LogP contribution in [0.15, 0.2) is 134 Å². The highest BCUT2D eigenvalue weighted by molar-refractivity contribution is 6.05. The molecule has 0 radical (unpaired) electrons. The molecule has 8 aromatic rings. The summed E-state index contributed by atoms with van der Waals surface area (Å²) in [6.07, 6.45) is 2.22. The van der Waals surface area contributed by atoms with Gasteiger partial charge >= 0.3 is 0 Å². The highest BCUT2D eigenvalue weighted by atomic mass is 15.1. The summed E-state index contributed by atoms with van der Waals surface area (Å²) >= 11 is 0. The fourth-order valence-electron chi connectivity index (χ4n) is 5.56. The lowest BCUT2D eigenvalue weighted by Crippen LogP contribution is -1.97. The lowest BCUT2D eigenvalue weighted by molar-refractivity contribution is 1.10. The van der Waals surface area contributed by atoms with Crippen molar-refractivity contribution in [3.05, 3.63) is 134 Å². The third kappa shape index (κ3) is 3.10. The molecule has 0 spiro atoms. The molecule has 0 saturated heterocycles. The highest BCUT2D eigenvalue weighted by Crippen LogP contribution is 2.35. The first kappa shape index (κ1) is 20.9. The van der Waals surface area contributed by atoms with E-state index >= 15 is 0 Å². The van der Waals surface area contributed by atoms with Crippen LogP contribution in [0.4, 0.5) is 0 Å². The Kier molecular flexibility index (Phi) is 4.49. The van der Waals surface area contributed by atoms with E-state index in [0.717, 1.165) is 55.7 Å². The zero-order valence-electron chi connectivity index (χ0n) is 20.5. The van der Waals surface area contributed by atoms with Crippen molar-refractivity contribution in [2.45, 2.75) is 0 Å². The largest absolute Gasteiger partial charge is 0.298 e. The van der Waals surface area contributed by atoms with Gasteiger partial charge in [0.15, 0.2) is 0 Å². The van der Waals surface area contributed by atoms with Crippen molar-refractivity contribution >= 4 is 38.5 Å². The van der Waals surface area contributed by atoms with Gasteiger partial charge in [-0.05, 0) is 47.3 Å². The van der Waals surface area contributed by atoms with Crippen LogP contribution in [0.1, 0.15) is 0 Å². The van der Waals surface area contributed by atoms with Gasteiger partial charge in [-0.25, -0.2) is 9.97 Å². The predicted octanol–water partition coefficient (Wildman–Crippen LogP) is 8.31. The molecule has 0 saturated carbocycles. The number of fused-ring (bicyclic) bond motifs is 6. The summed E-state index contributed by atoms with van der Waals surface area (Å²) in [6.45, 7) is 0. The van der Waals surface area contributed by atoms with Crippen molar-refractivity contribution in [3.8, 4) is 28.2 Å². The molecular formula is C34H22N4. The predicted molar refractivity (Wildman–Crippen MR) is 156 cm³/mol. The van der Waals surface area contributed by atoms with Crippen molar-refractivity contribution in [1.82, 2.24) is 18.9 Å². The van der Waals surface area contributed by atoms with E-state index in [1.54, 1.807) is 0 Å². The van der Waals surface area contributed by atoms with E-state index in [-0.39, 0.29) is 0 Å². The van der Waals surface area contributed by atoms with Gasteiger partial charge < -0.3 is 0 Å². The first-order chi connectivity index (χ1) is 18.8. The zero-order chi connectivity index (χ0) is 25.1. The number of imidazole rings is 2. The molecule has 0 aliphatic heterocycles. The number of rotatable bonds is 3. The lowest BCUT2D eigenvalue weighted by Gasteiger charge is -2.12. The van der Waals surface area contributed by atoms with Crippen LogP contribution >= 0.6 is 0 Å². The third-order valence-electron chi connectivity index (χ3n) is 7.34. The van der Waals surface area contributed by atoms with E-state index < -0.39 is 0 Å². The maximum atomic E-state index is 5.03. The Morgan fingerprint density at radius 1 is 0.474 bits per heavy atom. The summed E-state index contributed by atoms with van der Waals surface area (Å²) in [6, 6.07) is 44.4. The first-order valence-corrected chi connectivity index (χ1v) is 12.8. The molecule has 38 heavy (non-hydrogen) atoms. The Balaban J connectivity index is 1.32. The number of hydrogen-bond donors (Lipinski definition) is 0. The first-order valence-electron chi connectivity index (χ1n) is 12.8. The van der Waals surface area contributed by atoms with Crippen LogP contribution in [0.25, 0.3) is 66.7 Å². The van der Waals surface area contributed by atoms with Gasteiger partial charge in [0.2, 0.25) is 0 Å². The molecule has 0 bridgehead atoms. The van der Waals surface area contributed by atoms with Crippen molar-refractivity contribution < 1.29 is 0 Å². The number of hydrogen-bond acceptors (Lipinski definition) is 2. The molecule has 0 unspecified atom stereocenters. The molecule has 5 aromatic carbocycles. The van der Waals surface area contributed by atoms with Crippen LogP contribution in [0.5, 0.6) is 0 Å². The van der Waals surface area contributed by atoms with E-state index in [1.807, 2.05) is 18.2 Å². The molecule has 0 N–H and O–H groups in total. The fraction of sp³-hybridized carbons (Fsp3) is 0. The molecule has 3 heterocycles. The van der Waals surface area contributed by atoms with Gasteiger partial charge in [-0.2, -0.15) is 0 Å². The summed E-state index contributed by atoms with van der Waals surface area (Å²) < 4.78 is 4.46. The SMILES string of the molecule is c1ccc(-n2c(-c3ccc(-c4cn5c6ccccc6nc5c5ccccc45)cc3)nc3ccccc32)cc1. The van der Waals surface area contributed by atoms with Gasteiger partial charge in [0.25, 0.3) is 0 Å². The molecule has 0 atom stereocenters. The van der Waals surface area contributed by atoms with Crippen LogP contribution in [0.3, 0.4) is 0 Å². The highest BCUT2D eigenvalue weighted by Gasteiger charge is 2.16. The molecule has 0 aliphatic rings. The second kappa shape index (κ2) is 8.15. The van der Waals surface area contributed by atoms with E-state index in [4.69, 9.17) is 9.97 Å². The lowest BCUT2D eigenvalue weighted by atomic mass is 9.99. The molecular weight excluding hydrogens is 464 g/mol. The normalized spacial score (nSPS) is 11.7. The van der Waals surface area contributed by atoms with E-state index in [9.17, 15) is 0 Å². The molecule has 8 rings (SSSR count). The molecule has 4 heteroatoms. The van der Waals surface area contributed by atoms with Crippen LogP contribution in [-0.2, 0) is 0 Å². The maximum Gasteiger partial charge on any atom is 0.145 e. The standard InChI is InChI=1S/C34H22N4/c1-2-10-25(11-3-1)38-32-17-9-7-15-30(32)35-33(38)24-20-18-23(19-21-24)28-22-37-31-16-8-6-14-29(31)36-34(37)27-13-5-4-12-26(27)28/h1-22H. The molecule has 0 aliphatic carbocycles. The average molecular weight is 487 g/mol. The summed E-state index contributed by atoms with van der Waals surface area (Å²) in [4.78, 5) is 9.97. The zero-order valence-corrected chi connectivity index (χ0v) is 20.5. The van der Waals surface area contributed by atoms with Crippen LogP contribution in [-0.4, -0.2) is 18.9 Å². The second-order valence-electron chi connectivity index (χ2n) is 9.55. The Hall–Kier alpha value is -5.22. The monoisotopic (exact) mass is 486 g/mol. The minimum Gasteiger partial charge on any atom is -0.298 e. The number of nitrogens with zero attached hydrogens (tertiary/aromatic N) is 4. The summed E-state index contributed by atoms with van der Waals surface area (Å²) in [7, 11) is 0. The number of para-hydroxylation sites is 5. The molecule has 178 valence electrons. The van der Waals surface area contributed by atoms with Gasteiger partial charge in [0.05, 0.1) is 22.1 Å². The topological polar surface area (TPSA) is 35.1 Å².